The molecule has 1 heterocycles. The van der Waals surface area contributed by atoms with Crippen molar-refractivity contribution in [1.29, 1.82) is 0 Å². The predicted molar refractivity (Wildman–Crippen MR) is 76.5 cm³/mol. The number of rotatable bonds is 6. The largest absolute Gasteiger partial charge is 0.344 e. The van der Waals surface area contributed by atoms with Crippen molar-refractivity contribution in [3.05, 3.63) is 20.8 Å². The van der Waals surface area contributed by atoms with Gasteiger partial charge in [0.05, 0.1) is 6.54 Å². The molecule has 0 bridgehead atoms. The molecule has 5 heteroatoms. The fourth-order valence-electron chi connectivity index (χ4n) is 1.31. The SMILES string of the molecule is CC(C)NCC(=O)N(C)CCc1cc(Br)cs1. The predicted octanol–water partition coefficient (Wildman–Crippen LogP) is 2.51. The maximum atomic E-state index is 11.7. The second-order valence-corrected chi connectivity index (χ2v) is 6.24. The summed E-state index contributed by atoms with van der Waals surface area (Å²) in [5, 5.41) is 5.20. The van der Waals surface area contributed by atoms with Crippen molar-refractivity contribution in [2.24, 2.45) is 0 Å². The maximum absolute atomic E-state index is 11.7. The molecule has 0 aliphatic carbocycles. The average molecular weight is 319 g/mol. The molecule has 0 radical (unpaired) electrons. The van der Waals surface area contributed by atoms with E-state index >= 15 is 0 Å². The first-order valence-corrected chi connectivity index (χ1v) is 7.36. The van der Waals surface area contributed by atoms with E-state index in [1.54, 1.807) is 16.2 Å². The van der Waals surface area contributed by atoms with E-state index < -0.39 is 0 Å². The normalized spacial score (nSPS) is 10.9. The van der Waals surface area contributed by atoms with E-state index in [0.29, 0.717) is 12.6 Å². The Morgan fingerprint density at radius 3 is 2.82 bits per heavy atom. The summed E-state index contributed by atoms with van der Waals surface area (Å²) in [5.41, 5.74) is 0. The van der Waals surface area contributed by atoms with E-state index in [2.05, 4.69) is 32.7 Å². The molecule has 1 aromatic rings. The van der Waals surface area contributed by atoms with Gasteiger partial charge in [-0.3, -0.25) is 4.79 Å². The van der Waals surface area contributed by atoms with Gasteiger partial charge in [-0.1, -0.05) is 13.8 Å². The highest BCUT2D eigenvalue weighted by atomic mass is 79.9. The molecule has 17 heavy (non-hydrogen) atoms. The van der Waals surface area contributed by atoms with E-state index in [1.165, 1.54) is 4.88 Å². The van der Waals surface area contributed by atoms with Gasteiger partial charge in [0, 0.05) is 34.4 Å². The van der Waals surface area contributed by atoms with Gasteiger partial charge in [0.25, 0.3) is 0 Å². The third-order valence-electron chi connectivity index (χ3n) is 2.40. The second kappa shape index (κ2) is 7.13. The Hall–Kier alpha value is -0.390. The molecular weight excluding hydrogens is 300 g/mol. The number of amides is 1. The summed E-state index contributed by atoms with van der Waals surface area (Å²) in [4.78, 5) is 14.8. The molecule has 3 nitrogen and oxygen atoms in total. The first-order chi connectivity index (χ1) is 7.99. The number of nitrogens with one attached hydrogen (secondary N) is 1. The zero-order valence-electron chi connectivity index (χ0n) is 10.5. The lowest BCUT2D eigenvalue weighted by Crippen LogP contribution is -2.38. The summed E-state index contributed by atoms with van der Waals surface area (Å²) in [6.07, 6.45) is 0.917. The Balaban J connectivity index is 2.29. The van der Waals surface area contributed by atoms with Crippen molar-refractivity contribution in [3.8, 4) is 0 Å². The molecular formula is C12H19BrN2OS. The number of hydrogen-bond donors (Lipinski definition) is 1. The highest BCUT2D eigenvalue weighted by molar-refractivity contribution is 9.10. The van der Waals surface area contributed by atoms with Crippen LogP contribution in [0.1, 0.15) is 18.7 Å². The second-order valence-electron chi connectivity index (χ2n) is 4.33. The van der Waals surface area contributed by atoms with Crippen LogP contribution in [0.15, 0.2) is 15.9 Å². The average Bonchev–Trinajstić information content (AvgIpc) is 2.68. The Morgan fingerprint density at radius 1 is 1.59 bits per heavy atom. The minimum Gasteiger partial charge on any atom is -0.344 e. The molecule has 0 aliphatic heterocycles. The smallest absolute Gasteiger partial charge is 0.236 e. The molecule has 0 unspecified atom stereocenters. The number of carbonyl (C=O) groups is 1. The molecule has 0 saturated heterocycles. The lowest BCUT2D eigenvalue weighted by atomic mass is 10.3. The van der Waals surface area contributed by atoms with Crippen LogP contribution in [-0.2, 0) is 11.2 Å². The first-order valence-electron chi connectivity index (χ1n) is 5.69. The quantitative estimate of drug-likeness (QED) is 0.874. The summed E-state index contributed by atoms with van der Waals surface area (Å²) < 4.78 is 1.12. The molecule has 1 aromatic heterocycles. The summed E-state index contributed by atoms with van der Waals surface area (Å²) in [6, 6.07) is 2.45. The standard InChI is InChI=1S/C12H19BrN2OS/c1-9(2)14-7-12(16)15(3)5-4-11-6-10(13)8-17-11/h6,8-9,14H,4-5,7H2,1-3H3. The lowest BCUT2D eigenvalue weighted by Gasteiger charge is -2.18. The molecule has 0 spiro atoms. The first kappa shape index (κ1) is 14.7. The molecule has 0 aliphatic rings. The summed E-state index contributed by atoms with van der Waals surface area (Å²) in [7, 11) is 1.85. The Morgan fingerprint density at radius 2 is 2.29 bits per heavy atom. The van der Waals surface area contributed by atoms with Crippen molar-refractivity contribution in [3.63, 3.8) is 0 Å². The van der Waals surface area contributed by atoms with E-state index in [0.717, 1.165) is 17.4 Å². The van der Waals surface area contributed by atoms with Crippen molar-refractivity contribution < 1.29 is 4.79 Å². The van der Waals surface area contributed by atoms with Crippen molar-refractivity contribution in [2.45, 2.75) is 26.3 Å². The van der Waals surface area contributed by atoms with Gasteiger partial charge >= 0.3 is 0 Å². The molecule has 0 aromatic carbocycles. The van der Waals surface area contributed by atoms with Crippen LogP contribution in [0, 0.1) is 0 Å². The maximum Gasteiger partial charge on any atom is 0.236 e. The van der Waals surface area contributed by atoms with Gasteiger partial charge in [0.15, 0.2) is 0 Å². The summed E-state index contributed by atoms with van der Waals surface area (Å²) in [6.45, 7) is 5.26. The number of nitrogens with zero attached hydrogens (tertiary/aromatic N) is 1. The molecule has 0 saturated carbocycles. The van der Waals surface area contributed by atoms with E-state index in [-0.39, 0.29) is 5.91 Å². The zero-order chi connectivity index (χ0) is 12.8. The van der Waals surface area contributed by atoms with Gasteiger partial charge < -0.3 is 10.2 Å². The monoisotopic (exact) mass is 318 g/mol. The minimum atomic E-state index is 0.148. The zero-order valence-corrected chi connectivity index (χ0v) is 12.9. The number of halogens is 1. The molecule has 1 rings (SSSR count). The van der Waals surface area contributed by atoms with E-state index in [9.17, 15) is 4.79 Å². The lowest BCUT2D eigenvalue weighted by molar-refractivity contribution is -0.129. The van der Waals surface area contributed by atoms with Crippen LogP contribution >= 0.6 is 27.3 Å². The van der Waals surface area contributed by atoms with E-state index in [1.807, 2.05) is 20.9 Å². The van der Waals surface area contributed by atoms with Crippen LogP contribution in [0.25, 0.3) is 0 Å². The van der Waals surface area contributed by atoms with Crippen LogP contribution in [-0.4, -0.2) is 37.0 Å². The highest BCUT2D eigenvalue weighted by Gasteiger charge is 2.09. The molecule has 1 amide bonds. The highest BCUT2D eigenvalue weighted by Crippen LogP contribution is 2.20. The van der Waals surface area contributed by atoms with Gasteiger partial charge in [0.1, 0.15) is 0 Å². The third-order valence-corrected chi connectivity index (χ3v) is 4.16. The van der Waals surface area contributed by atoms with Crippen LogP contribution in [0.5, 0.6) is 0 Å². The minimum absolute atomic E-state index is 0.148. The number of likely N-dealkylation sites (N-methyl/N-ethyl adjacent to an activating group) is 1. The molecule has 96 valence electrons. The van der Waals surface area contributed by atoms with E-state index in [4.69, 9.17) is 0 Å². The fourth-order valence-corrected chi connectivity index (χ4v) is 2.76. The van der Waals surface area contributed by atoms with Crippen LogP contribution < -0.4 is 5.32 Å². The Labute approximate surface area is 115 Å². The van der Waals surface area contributed by atoms with Gasteiger partial charge in [-0.25, -0.2) is 0 Å². The Bertz CT molecular complexity index is 365. The van der Waals surface area contributed by atoms with Crippen LogP contribution in [0.2, 0.25) is 0 Å². The van der Waals surface area contributed by atoms with Crippen molar-refractivity contribution in [1.82, 2.24) is 10.2 Å². The summed E-state index contributed by atoms with van der Waals surface area (Å²) >= 11 is 5.15. The van der Waals surface area contributed by atoms with Crippen molar-refractivity contribution in [2.75, 3.05) is 20.1 Å². The molecule has 0 fully saturated rings. The number of thiophene rings is 1. The van der Waals surface area contributed by atoms with Gasteiger partial charge in [-0.15, -0.1) is 11.3 Å². The number of carbonyl (C=O) groups excluding carboxylic acids is 1. The Kier molecular flexibility index (Phi) is 6.16. The topological polar surface area (TPSA) is 32.3 Å². The third kappa shape index (κ3) is 5.66. The van der Waals surface area contributed by atoms with Crippen LogP contribution in [0.3, 0.4) is 0 Å². The molecule has 1 N–H and O–H groups in total. The number of hydrogen-bond acceptors (Lipinski definition) is 3. The van der Waals surface area contributed by atoms with Gasteiger partial charge in [0.2, 0.25) is 5.91 Å². The summed E-state index contributed by atoms with van der Waals surface area (Å²) in [5.74, 6) is 0.148. The molecule has 0 atom stereocenters. The fraction of sp³-hybridized carbons (Fsp3) is 0.583. The van der Waals surface area contributed by atoms with Gasteiger partial charge in [-0.2, -0.15) is 0 Å². The van der Waals surface area contributed by atoms with Crippen molar-refractivity contribution >= 4 is 33.2 Å². The van der Waals surface area contributed by atoms with Gasteiger partial charge in [-0.05, 0) is 28.4 Å². The van der Waals surface area contributed by atoms with Crippen LogP contribution in [0.4, 0.5) is 0 Å².